The molecule has 0 fully saturated rings. The molecule has 0 bridgehead atoms. The number of ether oxygens (including phenoxy) is 2. The second-order valence-electron chi connectivity index (χ2n) is 8.80. The van der Waals surface area contributed by atoms with Crippen molar-refractivity contribution in [2.24, 2.45) is 21.8 Å². The molecule has 0 saturated heterocycles. The topological polar surface area (TPSA) is 77.3 Å². The quantitative estimate of drug-likeness (QED) is 0.234. The molecule has 2 atom stereocenters. The molecule has 34 heavy (non-hydrogen) atoms. The SMILES string of the molecule is CC(C)[C@H](N=Cc1ccccc1)C(=O)OCCCCOC(=O)[C@@H](N=Cc1ccccc1)C(C)C. The standard InChI is InChI=1S/C28H36N2O4/c1-21(2)25(29-19-23-13-7-5-8-14-23)27(31)33-17-11-12-18-34-28(32)26(22(3)4)30-20-24-15-9-6-10-16-24/h5-10,13-16,19-22,25-26H,11-12,17-18H2,1-4H3/t25-,26-/m0/s1. The monoisotopic (exact) mass is 464 g/mol. The highest BCUT2D eigenvalue weighted by Crippen LogP contribution is 2.11. The zero-order valence-electron chi connectivity index (χ0n) is 20.6. The number of carbonyl (C=O) groups is 2. The van der Waals surface area contributed by atoms with Gasteiger partial charge in [0, 0.05) is 12.4 Å². The lowest BCUT2D eigenvalue weighted by atomic mass is 10.1. The highest BCUT2D eigenvalue weighted by molar-refractivity contribution is 5.84. The number of aliphatic imine (C=N–C) groups is 2. The van der Waals surface area contributed by atoms with Crippen LogP contribution in [0.15, 0.2) is 70.6 Å². The maximum Gasteiger partial charge on any atom is 0.331 e. The van der Waals surface area contributed by atoms with Gasteiger partial charge in [-0.05, 0) is 35.8 Å². The first-order chi connectivity index (χ1) is 16.4. The molecule has 2 aromatic carbocycles. The molecule has 6 heteroatoms. The number of benzene rings is 2. The fraction of sp³-hybridized carbons (Fsp3) is 0.429. The summed E-state index contributed by atoms with van der Waals surface area (Å²) in [6.07, 6.45) is 4.62. The zero-order chi connectivity index (χ0) is 24.8. The number of hydrogen-bond acceptors (Lipinski definition) is 6. The highest BCUT2D eigenvalue weighted by atomic mass is 16.5. The Kier molecular flexibility index (Phi) is 11.7. The van der Waals surface area contributed by atoms with Gasteiger partial charge in [-0.3, -0.25) is 9.98 Å². The van der Waals surface area contributed by atoms with E-state index in [1.54, 1.807) is 12.4 Å². The van der Waals surface area contributed by atoms with Crippen LogP contribution in [0, 0.1) is 11.8 Å². The summed E-state index contributed by atoms with van der Waals surface area (Å²) < 4.78 is 10.8. The molecule has 0 radical (unpaired) electrons. The van der Waals surface area contributed by atoms with Crippen LogP contribution in [0.3, 0.4) is 0 Å². The van der Waals surface area contributed by atoms with Crippen LogP contribution in [0.5, 0.6) is 0 Å². The van der Waals surface area contributed by atoms with Gasteiger partial charge in [0.25, 0.3) is 0 Å². The van der Waals surface area contributed by atoms with Crippen LogP contribution < -0.4 is 0 Å². The van der Waals surface area contributed by atoms with Crippen LogP contribution in [0.4, 0.5) is 0 Å². The van der Waals surface area contributed by atoms with Crippen molar-refractivity contribution >= 4 is 24.4 Å². The van der Waals surface area contributed by atoms with Crippen molar-refractivity contribution in [3.63, 3.8) is 0 Å². The molecule has 0 saturated carbocycles. The van der Waals surface area contributed by atoms with E-state index < -0.39 is 12.1 Å². The molecule has 0 amide bonds. The largest absolute Gasteiger partial charge is 0.464 e. The van der Waals surface area contributed by atoms with Crippen LogP contribution in [-0.2, 0) is 19.1 Å². The molecule has 0 unspecified atom stereocenters. The van der Waals surface area contributed by atoms with Crippen LogP contribution in [0.1, 0.15) is 51.7 Å². The van der Waals surface area contributed by atoms with Crippen molar-refractivity contribution in [2.45, 2.75) is 52.6 Å². The van der Waals surface area contributed by atoms with Crippen molar-refractivity contribution in [1.29, 1.82) is 0 Å². The summed E-state index contributed by atoms with van der Waals surface area (Å²) >= 11 is 0. The predicted octanol–water partition coefficient (Wildman–Crippen LogP) is 5.14. The maximum atomic E-state index is 12.5. The van der Waals surface area contributed by atoms with Gasteiger partial charge in [-0.2, -0.15) is 0 Å². The smallest absolute Gasteiger partial charge is 0.331 e. The Bertz CT molecular complexity index is 846. The van der Waals surface area contributed by atoms with Crippen LogP contribution >= 0.6 is 0 Å². The Morgan fingerprint density at radius 3 is 1.35 bits per heavy atom. The minimum atomic E-state index is -0.549. The number of rotatable bonds is 13. The highest BCUT2D eigenvalue weighted by Gasteiger charge is 2.23. The van der Waals surface area contributed by atoms with Gasteiger partial charge in [-0.1, -0.05) is 88.4 Å². The number of carbonyl (C=O) groups excluding carboxylic acids is 2. The first-order valence-electron chi connectivity index (χ1n) is 11.9. The number of nitrogens with zero attached hydrogens (tertiary/aromatic N) is 2. The maximum absolute atomic E-state index is 12.5. The van der Waals surface area contributed by atoms with Crippen molar-refractivity contribution in [2.75, 3.05) is 13.2 Å². The Balaban J connectivity index is 1.72. The van der Waals surface area contributed by atoms with Crippen molar-refractivity contribution in [3.8, 4) is 0 Å². The normalized spacial score (nSPS) is 13.5. The minimum Gasteiger partial charge on any atom is -0.464 e. The van der Waals surface area contributed by atoms with Crippen molar-refractivity contribution in [1.82, 2.24) is 0 Å². The van der Waals surface area contributed by atoms with Gasteiger partial charge in [0.1, 0.15) is 12.1 Å². The summed E-state index contributed by atoms with van der Waals surface area (Å²) in [7, 11) is 0. The third-order valence-corrected chi connectivity index (χ3v) is 5.14. The van der Waals surface area contributed by atoms with Gasteiger partial charge in [0.15, 0.2) is 0 Å². The lowest BCUT2D eigenvalue weighted by Crippen LogP contribution is -2.28. The average molecular weight is 465 g/mol. The Labute approximate surface area is 203 Å². The first kappa shape index (κ1) is 27.0. The summed E-state index contributed by atoms with van der Waals surface area (Å²) in [6, 6.07) is 18.2. The molecule has 0 aliphatic carbocycles. The predicted molar refractivity (Wildman–Crippen MR) is 136 cm³/mol. The molecule has 0 aromatic heterocycles. The van der Waals surface area contributed by atoms with Gasteiger partial charge in [0.05, 0.1) is 13.2 Å². The fourth-order valence-corrected chi connectivity index (χ4v) is 3.14. The van der Waals surface area contributed by atoms with E-state index in [2.05, 4.69) is 9.98 Å². The third kappa shape index (κ3) is 9.69. The second kappa shape index (κ2) is 14.8. The molecule has 6 nitrogen and oxygen atoms in total. The van der Waals surface area contributed by atoms with Crippen molar-refractivity contribution < 1.29 is 19.1 Å². The van der Waals surface area contributed by atoms with E-state index in [-0.39, 0.29) is 37.0 Å². The fourth-order valence-electron chi connectivity index (χ4n) is 3.14. The molecule has 0 aliphatic rings. The van der Waals surface area contributed by atoms with E-state index in [9.17, 15) is 9.59 Å². The number of esters is 2. The summed E-state index contributed by atoms with van der Waals surface area (Å²) in [6.45, 7) is 8.30. The molecular weight excluding hydrogens is 428 g/mol. The van der Waals surface area contributed by atoms with Crippen LogP contribution in [-0.4, -0.2) is 49.7 Å². The minimum absolute atomic E-state index is 0.0258. The van der Waals surface area contributed by atoms with Gasteiger partial charge in [-0.25, -0.2) is 9.59 Å². The molecule has 0 N–H and O–H groups in total. The zero-order valence-corrected chi connectivity index (χ0v) is 20.6. The van der Waals surface area contributed by atoms with Gasteiger partial charge in [-0.15, -0.1) is 0 Å². The summed E-state index contributed by atoms with van der Waals surface area (Å²) in [4.78, 5) is 33.8. The van der Waals surface area contributed by atoms with Gasteiger partial charge in [0.2, 0.25) is 0 Å². The number of unbranched alkanes of at least 4 members (excludes halogenated alkanes) is 1. The third-order valence-electron chi connectivity index (χ3n) is 5.14. The summed E-state index contributed by atoms with van der Waals surface area (Å²) in [5.74, 6) is -0.626. The van der Waals surface area contributed by atoms with E-state index in [0.717, 1.165) is 11.1 Å². The van der Waals surface area contributed by atoms with E-state index in [0.29, 0.717) is 12.8 Å². The number of hydrogen-bond donors (Lipinski definition) is 0. The van der Waals surface area contributed by atoms with E-state index in [1.165, 1.54) is 0 Å². The second-order valence-corrected chi connectivity index (χ2v) is 8.80. The van der Waals surface area contributed by atoms with Crippen LogP contribution in [0.2, 0.25) is 0 Å². The Morgan fingerprint density at radius 1 is 0.676 bits per heavy atom. The lowest BCUT2D eigenvalue weighted by molar-refractivity contribution is -0.148. The summed E-state index contributed by atoms with van der Waals surface area (Å²) in [5, 5.41) is 0. The molecule has 0 aliphatic heterocycles. The van der Waals surface area contributed by atoms with E-state index in [4.69, 9.17) is 9.47 Å². The summed E-state index contributed by atoms with van der Waals surface area (Å²) in [5.41, 5.74) is 1.88. The van der Waals surface area contributed by atoms with E-state index >= 15 is 0 Å². The molecule has 2 aromatic rings. The molecular formula is C28H36N2O4. The van der Waals surface area contributed by atoms with Gasteiger partial charge < -0.3 is 9.47 Å². The van der Waals surface area contributed by atoms with E-state index in [1.807, 2.05) is 88.4 Å². The Morgan fingerprint density at radius 2 is 1.03 bits per heavy atom. The Hall–Kier alpha value is -3.28. The van der Waals surface area contributed by atoms with Crippen molar-refractivity contribution in [3.05, 3.63) is 71.8 Å². The molecule has 0 heterocycles. The van der Waals surface area contributed by atoms with Crippen LogP contribution in [0.25, 0.3) is 0 Å². The average Bonchev–Trinajstić information content (AvgIpc) is 2.82. The van der Waals surface area contributed by atoms with Gasteiger partial charge >= 0.3 is 11.9 Å². The first-order valence-corrected chi connectivity index (χ1v) is 11.9. The molecule has 0 spiro atoms. The molecule has 182 valence electrons. The molecule has 2 rings (SSSR count). The lowest BCUT2D eigenvalue weighted by Gasteiger charge is -2.16.